The van der Waals surface area contributed by atoms with E-state index in [-0.39, 0.29) is 0 Å². The van der Waals surface area contributed by atoms with Gasteiger partial charge in [0.25, 0.3) is 0 Å². The molecule has 0 aliphatic rings. The lowest BCUT2D eigenvalue weighted by Gasteiger charge is -2.03. The lowest BCUT2D eigenvalue weighted by Crippen LogP contribution is -1.97. The van der Waals surface area contributed by atoms with Gasteiger partial charge in [0.2, 0.25) is 0 Å². The van der Waals surface area contributed by atoms with E-state index < -0.39 is 0 Å². The van der Waals surface area contributed by atoms with Crippen LogP contribution in [0.3, 0.4) is 0 Å². The number of halogens is 1. The highest BCUT2D eigenvalue weighted by Crippen LogP contribution is 2.20. The monoisotopic (exact) mass is 248 g/mol. The number of nitrogens with zero attached hydrogens (tertiary/aromatic N) is 2. The van der Waals surface area contributed by atoms with Crippen LogP contribution in [0, 0.1) is 5.92 Å². The first-order valence-corrected chi connectivity index (χ1v) is 6.00. The van der Waals surface area contributed by atoms with Gasteiger partial charge in [-0.25, -0.2) is 0 Å². The van der Waals surface area contributed by atoms with Crippen LogP contribution in [0.15, 0.2) is 17.3 Å². The van der Waals surface area contributed by atoms with Crippen molar-refractivity contribution in [2.45, 2.75) is 11.8 Å². The molecule has 68 valence electrons. The highest BCUT2D eigenvalue weighted by Gasteiger charge is 2.01. The van der Waals surface area contributed by atoms with Crippen LogP contribution in [-0.2, 0) is 7.05 Å². The Morgan fingerprint density at radius 3 is 3.00 bits per heavy atom. The number of alkyl halides is 1. The predicted octanol–water partition coefficient (Wildman–Crippen LogP) is 2.54. The SMILES string of the molecule is CC(CBr)CSc1cnn(C)c1. The maximum absolute atomic E-state index is 4.10. The summed E-state index contributed by atoms with van der Waals surface area (Å²) in [7, 11) is 1.94. The van der Waals surface area contributed by atoms with E-state index in [1.807, 2.05) is 35.9 Å². The number of hydrogen-bond donors (Lipinski definition) is 0. The topological polar surface area (TPSA) is 17.8 Å². The molecule has 0 aliphatic carbocycles. The van der Waals surface area contributed by atoms with Gasteiger partial charge in [0.15, 0.2) is 0 Å². The quantitative estimate of drug-likeness (QED) is 0.602. The molecule has 2 nitrogen and oxygen atoms in total. The summed E-state index contributed by atoms with van der Waals surface area (Å²) in [4.78, 5) is 1.25. The van der Waals surface area contributed by atoms with E-state index in [2.05, 4.69) is 28.0 Å². The van der Waals surface area contributed by atoms with Crippen LogP contribution in [0.2, 0.25) is 0 Å². The fourth-order valence-corrected chi connectivity index (χ4v) is 2.23. The molecular weight excluding hydrogens is 236 g/mol. The van der Waals surface area contributed by atoms with Crippen molar-refractivity contribution in [1.29, 1.82) is 0 Å². The predicted molar refractivity (Wildman–Crippen MR) is 56.9 cm³/mol. The number of hydrogen-bond acceptors (Lipinski definition) is 2. The molecule has 0 N–H and O–H groups in total. The van der Waals surface area contributed by atoms with E-state index in [0.29, 0.717) is 0 Å². The maximum atomic E-state index is 4.10. The van der Waals surface area contributed by atoms with Crippen molar-refractivity contribution in [2.75, 3.05) is 11.1 Å². The van der Waals surface area contributed by atoms with Gasteiger partial charge in [-0.3, -0.25) is 4.68 Å². The van der Waals surface area contributed by atoms with Gasteiger partial charge in [-0.05, 0) is 5.92 Å². The summed E-state index contributed by atoms with van der Waals surface area (Å²) in [6.07, 6.45) is 3.96. The van der Waals surface area contributed by atoms with E-state index in [9.17, 15) is 0 Å². The van der Waals surface area contributed by atoms with Crippen LogP contribution in [0.25, 0.3) is 0 Å². The van der Waals surface area contributed by atoms with Gasteiger partial charge in [0, 0.05) is 29.2 Å². The van der Waals surface area contributed by atoms with Crippen LogP contribution in [0.5, 0.6) is 0 Å². The number of aromatic nitrogens is 2. The van der Waals surface area contributed by atoms with Crippen LogP contribution in [-0.4, -0.2) is 20.9 Å². The molecule has 0 saturated carbocycles. The normalized spacial score (nSPS) is 13.2. The number of aryl methyl sites for hydroxylation is 1. The summed E-state index contributed by atoms with van der Waals surface area (Å²) in [5, 5.41) is 5.17. The zero-order valence-electron chi connectivity index (χ0n) is 7.33. The highest BCUT2D eigenvalue weighted by atomic mass is 79.9. The largest absolute Gasteiger partial charge is 0.275 e. The van der Waals surface area contributed by atoms with Gasteiger partial charge < -0.3 is 0 Å². The summed E-state index contributed by atoms with van der Waals surface area (Å²) in [5.41, 5.74) is 0. The van der Waals surface area contributed by atoms with E-state index in [1.165, 1.54) is 4.90 Å². The van der Waals surface area contributed by atoms with Crippen LogP contribution >= 0.6 is 27.7 Å². The van der Waals surface area contributed by atoms with E-state index in [0.717, 1.165) is 17.0 Å². The fraction of sp³-hybridized carbons (Fsp3) is 0.625. The molecule has 1 rings (SSSR count). The fourth-order valence-electron chi connectivity index (χ4n) is 0.756. The molecule has 0 spiro atoms. The molecule has 0 radical (unpaired) electrons. The van der Waals surface area contributed by atoms with Gasteiger partial charge in [0.1, 0.15) is 0 Å². The Bertz CT molecular complexity index is 237. The van der Waals surface area contributed by atoms with E-state index >= 15 is 0 Å². The first-order chi connectivity index (χ1) is 5.72. The first-order valence-electron chi connectivity index (χ1n) is 3.89. The summed E-state index contributed by atoms with van der Waals surface area (Å²) in [6, 6.07) is 0. The Labute approximate surface area is 85.9 Å². The second-order valence-corrected chi connectivity index (χ2v) is 4.66. The van der Waals surface area contributed by atoms with E-state index in [1.54, 1.807) is 0 Å². The van der Waals surface area contributed by atoms with Crippen molar-refractivity contribution in [3.05, 3.63) is 12.4 Å². The third-order valence-corrected chi connectivity index (χ3v) is 3.86. The van der Waals surface area contributed by atoms with Crippen molar-refractivity contribution >= 4 is 27.7 Å². The molecule has 1 unspecified atom stereocenters. The summed E-state index contributed by atoms with van der Waals surface area (Å²) >= 11 is 5.32. The number of rotatable bonds is 4. The van der Waals surface area contributed by atoms with Crippen molar-refractivity contribution in [3.8, 4) is 0 Å². The Balaban J connectivity index is 2.33. The van der Waals surface area contributed by atoms with E-state index in [4.69, 9.17) is 0 Å². The molecular formula is C8H13BrN2S. The molecule has 1 aromatic rings. The summed E-state index contributed by atoms with van der Waals surface area (Å²) in [5.74, 6) is 1.87. The Hall–Kier alpha value is 0.0400. The zero-order chi connectivity index (χ0) is 8.97. The third-order valence-electron chi connectivity index (χ3n) is 1.48. The van der Waals surface area contributed by atoms with Crippen molar-refractivity contribution < 1.29 is 0 Å². The minimum Gasteiger partial charge on any atom is -0.275 e. The second-order valence-electron chi connectivity index (χ2n) is 2.92. The van der Waals surface area contributed by atoms with Gasteiger partial charge >= 0.3 is 0 Å². The van der Waals surface area contributed by atoms with Crippen molar-refractivity contribution in [1.82, 2.24) is 9.78 Å². The lowest BCUT2D eigenvalue weighted by atomic mass is 10.3. The Kier molecular flexibility index (Phi) is 4.15. The molecule has 1 atom stereocenters. The zero-order valence-corrected chi connectivity index (χ0v) is 9.73. The van der Waals surface area contributed by atoms with Crippen LogP contribution < -0.4 is 0 Å². The van der Waals surface area contributed by atoms with Crippen molar-refractivity contribution in [2.24, 2.45) is 13.0 Å². The highest BCUT2D eigenvalue weighted by molar-refractivity contribution is 9.09. The Morgan fingerprint density at radius 1 is 1.75 bits per heavy atom. The smallest absolute Gasteiger partial charge is 0.0625 e. The summed E-state index contributed by atoms with van der Waals surface area (Å²) in [6.45, 7) is 2.23. The molecule has 4 heteroatoms. The van der Waals surface area contributed by atoms with Gasteiger partial charge in [-0.15, -0.1) is 11.8 Å². The molecule has 0 bridgehead atoms. The molecule has 0 fully saturated rings. The van der Waals surface area contributed by atoms with Gasteiger partial charge in [-0.2, -0.15) is 5.10 Å². The average Bonchev–Trinajstić information content (AvgIpc) is 2.47. The maximum Gasteiger partial charge on any atom is 0.0625 e. The number of thioether (sulfide) groups is 1. The second kappa shape index (κ2) is 4.92. The molecule has 12 heavy (non-hydrogen) atoms. The van der Waals surface area contributed by atoms with Crippen LogP contribution in [0.4, 0.5) is 0 Å². The third kappa shape index (κ3) is 3.19. The first kappa shape index (κ1) is 10.1. The minimum atomic E-state index is 0.718. The molecule has 0 aromatic carbocycles. The molecule has 1 heterocycles. The molecule has 0 aliphatic heterocycles. The molecule has 0 amide bonds. The summed E-state index contributed by atoms with van der Waals surface area (Å²) < 4.78 is 1.83. The average molecular weight is 249 g/mol. The molecule has 0 saturated heterocycles. The standard InChI is InChI=1S/C8H13BrN2S/c1-7(3-9)6-12-8-4-10-11(2)5-8/h4-5,7H,3,6H2,1-2H3. The van der Waals surface area contributed by atoms with Crippen molar-refractivity contribution in [3.63, 3.8) is 0 Å². The lowest BCUT2D eigenvalue weighted by molar-refractivity contribution is 0.765. The van der Waals surface area contributed by atoms with Crippen LogP contribution in [0.1, 0.15) is 6.92 Å². The minimum absolute atomic E-state index is 0.718. The van der Waals surface area contributed by atoms with Gasteiger partial charge in [0.05, 0.1) is 6.20 Å². The van der Waals surface area contributed by atoms with Gasteiger partial charge in [-0.1, -0.05) is 22.9 Å². The molecule has 1 aromatic heterocycles. The Morgan fingerprint density at radius 2 is 2.50 bits per heavy atom.